The van der Waals surface area contributed by atoms with E-state index in [1.165, 1.54) is 10.1 Å². The second-order valence-corrected chi connectivity index (χ2v) is 5.20. The Morgan fingerprint density at radius 3 is 1.62 bits per heavy atom. The van der Waals surface area contributed by atoms with Crippen LogP contribution in [0.15, 0.2) is 0 Å². The van der Waals surface area contributed by atoms with Gasteiger partial charge < -0.3 is 4.89 Å². The van der Waals surface area contributed by atoms with Crippen molar-refractivity contribution in [3.63, 3.8) is 0 Å². The van der Waals surface area contributed by atoms with E-state index in [-0.39, 0.29) is 12.7 Å². The Balaban J connectivity index is 3.74. The van der Waals surface area contributed by atoms with Crippen molar-refractivity contribution in [2.75, 3.05) is 40.9 Å². The van der Waals surface area contributed by atoms with Crippen LogP contribution < -0.4 is 0 Å². The number of hydrogen-bond donors (Lipinski definition) is 1. The van der Waals surface area contributed by atoms with Crippen LogP contribution in [0.5, 0.6) is 0 Å². The van der Waals surface area contributed by atoms with Gasteiger partial charge in [0, 0.05) is 28.2 Å². The van der Waals surface area contributed by atoms with Gasteiger partial charge in [-0.25, -0.2) is 0 Å². The molecular weight excluding hydrogens is 195 g/mol. The fourth-order valence-electron chi connectivity index (χ4n) is 0.449. The van der Waals surface area contributed by atoms with Crippen LogP contribution in [0.25, 0.3) is 0 Å². The highest BCUT2D eigenvalue weighted by Crippen LogP contribution is 2.40. The Morgan fingerprint density at radius 1 is 1.08 bits per heavy atom. The number of nitrogens with zero attached hydrogens (tertiary/aromatic N) is 2. The zero-order chi connectivity index (χ0) is 10.5. The van der Waals surface area contributed by atoms with Crippen molar-refractivity contribution in [2.45, 2.75) is 0 Å². The third kappa shape index (κ3) is 8.36. The van der Waals surface area contributed by atoms with Crippen molar-refractivity contribution in [3.05, 3.63) is 0 Å². The van der Waals surface area contributed by atoms with Crippen LogP contribution in [-0.2, 0) is 14.2 Å². The zero-order valence-corrected chi connectivity index (χ0v) is 9.32. The molecule has 0 saturated carbocycles. The number of hydroxylamine groups is 4. The van der Waals surface area contributed by atoms with Gasteiger partial charge in [-0.2, -0.15) is 10.1 Å². The van der Waals surface area contributed by atoms with E-state index in [1.807, 2.05) is 0 Å². The summed E-state index contributed by atoms with van der Waals surface area (Å²) in [4.78, 5) is 19.0. The first-order chi connectivity index (χ1) is 5.83. The van der Waals surface area contributed by atoms with Gasteiger partial charge in [0.25, 0.3) is 7.37 Å². The highest BCUT2D eigenvalue weighted by molar-refractivity contribution is 7.57. The quantitative estimate of drug-likeness (QED) is 0.500. The van der Waals surface area contributed by atoms with E-state index in [2.05, 4.69) is 0 Å². The zero-order valence-electron chi connectivity index (χ0n) is 8.43. The van der Waals surface area contributed by atoms with Crippen LogP contribution in [0.3, 0.4) is 0 Å². The lowest BCUT2D eigenvalue weighted by Crippen LogP contribution is -2.17. The van der Waals surface area contributed by atoms with Crippen LogP contribution in [0.4, 0.5) is 0 Å². The lowest BCUT2D eigenvalue weighted by atomic mass is 11.2. The molecule has 0 aromatic rings. The normalized spacial score (nSPS) is 12.8. The van der Waals surface area contributed by atoms with Crippen LogP contribution in [0, 0.1) is 0 Å². The van der Waals surface area contributed by atoms with Gasteiger partial charge in [0.15, 0.2) is 0 Å². The first-order valence-electron chi connectivity index (χ1n) is 3.75. The summed E-state index contributed by atoms with van der Waals surface area (Å²) in [5, 5.41) is 2.75. The summed E-state index contributed by atoms with van der Waals surface area (Å²) < 4.78 is 11.3. The fourth-order valence-corrected chi connectivity index (χ4v) is 1.35. The van der Waals surface area contributed by atoms with Gasteiger partial charge in [0.1, 0.15) is 12.7 Å². The monoisotopic (exact) mass is 212 g/mol. The fraction of sp³-hybridized carbons (Fsp3) is 1.00. The summed E-state index contributed by atoms with van der Waals surface area (Å²) in [6, 6.07) is 0. The van der Waals surface area contributed by atoms with E-state index in [9.17, 15) is 9.46 Å². The van der Waals surface area contributed by atoms with Crippen LogP contribution >= 0.6 is 7.37 Å². The smallest absolute Gasteiger partial charge is 0.254 e. The maximum Gasteiger partial charge on any atom is 0.254 e. The molecular formula is C6H17N2O4P. The molecule has 80 valence electrons. The molecule has 0 spiro atoms. The Labute approximate surface area is 78.4 Å². The molecule has 0 heterocycles. The van der Waals surface area contributed by atoms with Gasteiger partial charge in [-0.1, -0.05) is 0 Å². The molecule has 0 bridgehead atoms. The molecule has 0 atom stereocenters. The van der Waals surface area contributed by atoms with E-state index >= 15 is 0 Å². The van der Waals surface area contributed by atoms with Gasteiger partial charge in [-0.3, -0.25) is 14.2 Å². The average molecular weight is 212 g/mol. The van der Waals surface area contributed by atoms with E-state index in [1.54, 1.807) is 28.2 Å². The average Bonchev–Trinajstić information content (AvgIpc) is 1.98. The highest BCUT2D eigenvalue weighted by atomic mass is 31.2. The lowest BCUT2D eigenvalue weighted by molar-refractivity contribution is -0.113. The predicted octanol–water partition coefficient (Wildman–Crippen LogP) is 0.158. The second kappa shape index (κ2) is 5.70. The molecule has 0 rings (SSSR count). The van der Waals surface area contributed by atoms with Crippen molar-refractivity contribution in [1.29, 1.82) is 0 Å². The molecule has 0 amide bonds. The molecule has 0 aliphatic carbocycles. The molecule has 0 aliphatic rings. The molecule has 0 unspecified atom stereocenters. The third-order valence-corrected chi connectivity index (χ3v) is 2.07. The molecule has 0 saturated heterocycles. The molecule has 0 aliphatic heterocycles. The van der Waals surface area contributed by atoms with Crippen molar-refractivity contribution < 1.29 is 19.1 Å². The molecule has 7 heteroatoms. The Kier molecular flexibility index (Phi) is 5.71. The molecule has 1 N–H and O–H groups in total. The van der Waals surface area contributed by atoms with Gasteiger partial charge in [-0.05, 0) is 0 Å². The van der Waals surface area contributed by atoms with Crippen LogP contribution in [-0.4, -0.2) is 55.9 Å². The van der Waals surface area contributed by atoms with Gasteiger partial charge in [0.05, 0.1) is 0 Å². The highest BCUT2D eigenvalue weighted by Gasteiger charge is 2.20. The van der Waals surface area contributed by atoms with Crippen molar-refractivity contribution in [2.24, 2.45) is 0 Å². The van der Waals surface area contributed by atoms with Crippen LogP contribution in [0.2, 0.25) is 0 Å². The first kappa shape index (κ1) is 13.0. The molecule has 0 fully saturated rings. The van der Waals surface area contributed by atoms with Crippen molar-refractivity contribution in [1.82, 2.24) is 10.1 Å². The van der Waals surface area contributed by atoms with E-state index in [0.717, 1.165) is 0 Å². The summed E-state index contributed by atoms with van der Waals surface area (Å²) in [5.74, 6) is 0. The predicted molar refractivity (Wildman–Crippen MR) is 49.1 cm³/mol. The Morgan fingerprint density at radius 2 is 1.38 bits per heavy atom. The number of hydrogen-bond acceptors (Lipinski definition) is 5. The minimum Gasteiger partial charge on any atom is -0.341 e. The van der Waals surface area contributed by atoms with E-state index < -0.39 is 7.37 Å². The summed E-state index contributed by atoms with van der Waals surface area (Å²) in [5.41, 5.74) is 0. The SMILES string of the molecule is CN(C)OCP(=O)(O)CON(C)C. The molecule has 0 aromatic heterocycles. The summed E-state index contributed by atoms with van der Waals surface area (Å²) in [6.45, 7) is 0. The van der Waals surface area contributed by atoms with Crippen LogP contribution in [0.1, 0.15) is 0 Å². The molecule has 13 heavy (non-hydrogen) atoms. The van der Waals surface area contributed by atoms with Crippen molar-refractivity contribution >= 4 is 7.37 Å². The van der Waals surface area contributed by atoms with Crippen molar-refractivity contribution in [3.8, 4) is 0 Å². The standard InChI is InChI=1S/C6H17N2O4P/c1-7(2)11-5-13(9,10)6-12-8(3)4/h5-6H2,1-4H3,(H,9,10). The van der Waals surface area contributed by atoms with Gasteiger partial charge in [0.2, 0.25) is 0 Å². The van der Waals surface area contributed by atoms with E-state index in [0.29, 0.717) is 0 Å². The molecule has 6 nitrogen and oxygen atoms in total. The Hall–Kier alpha value is 0.0300. The molecule has 0 radical (unpaired) electrons. The van der Waals surface area contributed by atoms with Gasteiger partial charge in [-0.15, -0.1) is 0 Å². The minimum atomic E-state index is -3.33. The summed E-state index contributed by atoms with van der Waals surface area (Å²) >= 11 is 0. The first-order valence-corrected chi connectivity index (χ1v) is 5.78. The topological polar surface area (TPSA) is 62.2 Å². The molecule has 0 aromatic carbocycles. The Bertz CT molecular complexity index is 169. The maximum absolute atomic E-state index is 11.3. The summed E-state index contributed by atoms with van der Waals surface area (Å²) in [7, 11) is 3.25. The number of rotatable bonds is 6. The largest absolute Gasteiger partial charge is 0.341 e. The lowest BCUT2D eigenvalue weighted by Gasteiger charge is -2.17. The minimum absolute atomic E-state index is 0.228. The maximum atomic E-state index is 11.3. The second-order valence-electron chi connectivity index (χ2n) is 2.99. The van der Waals surface area contributed by atoms with E-state index in [4.69, 9.17) is 9.68 Å². The van der Waals surface area contributed by atoms with Gasteiger partial charge >= 0.3 is 0 Å². The third-order valence-electron chi connectivity index (χ3n) is 1.04. The summed E-state index contributed by atoms with van der Waals surface area (Å²) in [6.07, 6.45) is -0.457.